The van der Waals surface area contributed by atoms with Crippen molar-refractivity contribution in [3.05, 3.63) is 107 Å². The summed E-state index contributed by atoms with van der Waals surface area (Å²) in [4.78, 5) is 12.2. The van der Waals surface area contributed by atoms with Gasteiger partial charge in [0.15, 0.2) is 0 Å². The third-order valence-electron chi connectivity index (χ3n) is 4.84. The van der Waals surface area contributed by atoms with Crippen molar-refractivity contribution < 1.29 is 30.0 Å². The number of rotatable bonds is 8. The van der Waals surface area contributed by atoms with Gasteiger partial charge in [0.1, 0.15) is 21.3 Å². The van der Waals surface area contributed by atoms with Crippen LogP contribution in [0.2, 0.25) is 10.0 Å². The summed E-state index contributed by atoms with van der Waals surface area (Å²) in [6.07, 6.45) is 0. The molecule has 196 valence electrons. The van der Waals surface area contributed by atoms with Crippen molar-refractivity contribution in [1.29, 1.82) is 0 Å². The Kier molecular flexibility index (Phi) is 8.12. The van der Waals surface area contributed by atoms with Gasteiger partial charge in [0.2, 0.25) is 0 Å². The predicted octanol–water partition coefficient (Wildman–Crippen LogP) is 6.17. The summed E-state index contributed by atoms with van der Waals surface area (Å²) >= 11 is 11.6. The molecule has 13 heteroatoms. The molecule has 4 aromatic rings. The monoisotopic (exact) mass is 592 g/mol. The van der Waals surface area contributed by atoms with Gasteiger partial charge in [-0.05, 0) is 97.1 Å². The second-order valence-corrected chi connectivity index (χ2v) is 11.6. The van der Waals surface area contributed by atoms with Crippen molar-refractivity contribution in [3.63, 3.8) is 0 Å². The van der Waals surface area contributed by atoms with Crippen LogP contribution in [0.3, 0.4) is 0 Å². The van der Waals surface area contributed by atoms with E-state index in [-0.39, 0.29) is 21.3 Å². The van der Waals surface area contributed by atoms with Crippen LogP contribution in [0.1, 0.15) is 0 Å². The maximum absolute atomic E-state index is 12.4. The highest BCUT2D eigenvalue weighted by atomic mass is 35.5. The Labute approximate surface area is 229 Å². The van der Waals surface area contributed by atoms with Gasteiger partial charge in [-0.1, -0.05) is 23.2 Å². The van der Waals surface area contributed by atoms with E-state index in [1.54, 1.807) is 0 Å². The van der Waals surface area contributed by atoms with Crippen LogP contribution in [-0.2, 0) is 20.2 Å². The second kappa shape index (κ2) is 11.3. The summed E-state index contributed by atoms with van der Waals surface area (Å²) < 4.78 is 59.7. The number of anilines is 2. The maximum atomic E-state index is 12.4. The van der Waals surface area contributed by atoms with E-state index in [4.69, 9.17) is 31.6 Å². The largest absolute Gasteiger partial charge is 0.379 e. The molecule has 0 heterocycles. The number of hydrogen-bond acceptors (Lipinski definition) is 7. The van der Waals surface area contributed by atoms with Crippen LogP contribution in [0.25, 0.3) is 0 Å². The minimum Gasteiger partial charge on any atom is -0.379 e. The summed E-state index contributed by atoms with van der Waals surface area (Å²) in [6, 6.07) is 21.9. The fourth-order valence-corrected chi connectivity index (χ4v) is 5.15. The topological polar surface area (TPSA) is 128 Å². The van der Waals surface area contributed by atoms with Crippen LogP contribution in [0.5, 0.6) is 11.5 Å². The molecule has 2 N–H and O–H groups in total. The zero-order chi connectivity index (χ0) is 27.3. The Balaban J connectivity index is 1.32. The molecule has 9 nitrogen and oxygen atoms in total. The lowest BCUT2D eigenvalue weighted by Gasteiger charge is -2.11. The summed E-state index contributed by atoms with van der Waals surface area (Å²) in [7, 11) is -8.10. The smallest absolute Gasteiger partial charge is 0.339 e. The number of carbonyl (C=O) groups is 1. The van der Waals surface area contributed by atoms with E-state index < -0.39 is 26.3 Å². The highest BCUT2D eigenvalue weighted by Crippen LogP contribution is 2.24. The summed E-state index contributed by atoms with van der Waals surface area (Å²) in [5.41, 5.74) is 0.737. The fourth-order valence-electron chi connectivity index (χ4n) is 3.03. The highest BCUT2D eigenvalue weighted by Gasteiger charge is 2.18. The number of halogens is 2. The number of carbonyl (C=O) groups excluding carboxylic acids is 1. The number of hydrogen-bond donors (Lipinski definition) is 2. The summed E-state index contributed by atoms with van der Waals surface area (Å²) in [6.45, 7) is 0. The van der Waals surface area contributed by atoms with Gasteiger partial charge in [-0.3, -0.25) is 0 Å². The van der Waals surface area contributed by atoms with Gasteiger partial charge in [0.05, 0.1) is 0 Å². The molecule has 38 heavy (non-hydrogen) atoms. The number of benzene rings is 4. The first-order valence-corrected chi connectivity index (χ1v) is 14.3. The molecule has 0 aliphatic heterocycles. The normalized spacial score (nSPS) is 11.4. The van der Waals surface area contributed by atoms with E-state index in [1.807, 2.05) is 0 Å². The van der Waals surface area contributed by atoms with Crippen LogP contribution in [0, 0.1) is 0 Å². The van der Waals surface area contributed by atoms with Crippen LogP contribution in [0.15, 0.2) is 107 Å². The molecule has 0 aliphatic carbocycles. The Bertz CT molecular complexity index is 1520. The van der Waals surface area contributed by atoms with Crippen LogP contribution < -0.4 is 19.0 Å². The van der Waals surface area contributed by atoms with Crippen LogP contribution in [0.4, 0.5) is 16.2 Å². The Morgan fingerprint density at radius 2 is 0.842 bits per heavy atom. The minimum absolute atomic E-state index is 0.0510. The molecule has 0 radical (unpaired) electrons. The molecule has 0 atom stereocenters. The molecular weight excluding hydrogens is 575 g/mol. The third kappa shape index (κ3) is 7.17. The van der Waals surface area contributed by atoms with Crippen LogP contribution in [-0.4, -0.2) is 22.9 Å². The Morgan fingerprint density at radius 3 is 1.16 bits per heavy atom. The number of amides is 2. The molecular formula is C25H18Cl2N2O7S2. The van der Waals surface area contributed by atoms with E-state index in [0.29, 0.717) is 21.4 Å². The van der Waals surface area contributed by atoms with Gasteiger partial charge < -0.3 is 19.0 Å². The van der Waals surface area contributed by atoms with E-state index in [1.165, 1.54) is 97.1 Å². The van der Waals surface area contributed by atoms with Crippen molar-refractivity contribution in [1.82, 2.24) is 0 Å². The van der Waals surface area contributed by atoms with Crippen molar-refractivity contribution >= 4 is 60.8 Å². The van der Waals surface area contributed by atoms with E-state index >= 15 is 0 Å². The van der Waals surface area contributed by atoms with E-state index in [0.717, 1.165) is 0 Å². The summed E-state index contributed by atoms with van der Waals surface area (Å²) in [5.74, 6) is 0.102. The molecule has 0 spiro atoms. The third-order valence-corrected chi connectivity index (χ3v) is 7.87. The zero-order valence-electron chi connectivity index (χ0n) is 19.2. The Hall–Kier alpha value is -3.77. The van der Waals surface area contributed by atoms with Crippen molar-refractivity contribution in [2.75, 3.05) is 10.6 Å². The lowest BCUT2D eigenvalue weighted by molar-refractivity contribution is 0.262. The molecule has 4 rings (SSSR count). The van der Waals surface area contributed by atoms with Gasteiger partial charge in [-0.15, -0.1) is 0 Å². The first-order valence-electron chi connectivity index (χ1n) is 10.7. The molecule has 0 saturated heterocycles. The van der Waals surface area contributed by atoms with E-state index in [2.05, 4.69) is 10.6 Å². The van der Waals surface area contributed by atoms with Gasteiger partial charge in [-0.25, -0.2) is 4.79 Å². The minimum atomic E-state index is -4.05. The fraction of sp³-hybridized carbons (Fsp3) is 0. The number of urea groups is 1. The van der Waals surface area contributed by atoms with Gasteiger partial charge in [-0.2, -0.15) is 16.8 Å². The SMILES string of the molecule is O=C(Nc1ccc(OS(=O)(=O)c2ccc(Cl)cc2)cc1)Nc1ccc(OS(=O)(=O)c2ccc(Cl)cc2)cc1. The lowest BCUT2D eigenvalue weighted by atomic mass is 10.3. The van der Waals surface area contributed by atoms with Crippen LogP contribution >= 0.6 is 23.2 Å². The number of nitrogens with one attached hydrogen (secondary N) is 2. The molecule has 0 aliphatic rings. The molecule has 0 bridgehead atoms. The highest BCUT2D eigenvalue weighted by molar-refractivity contribution is 7.87. The first-order chi connectivity index (χ1) is 18.0. The van der Waals surface area contributed by atoms with E-state index in [9.17, 15) is 21.6 Å². The maximum Gasteiger partial charge on any atom is 0.339 e. The van der Waals surface area contributed by atoms with Crippen molar-refractivity contribution in [2.45, 2.75) is 9.79 Å². The molecule has 0 unspecified atom stereocenters. The average molecular weight is 593 g/mol. The lowest BCUT2D eigenvalue weighted by Crippen LogP contribution is -2.19. The molecule has 0 fully saturated rings. The summed E-state index contributed by atoms with van der Waals surface area (Å²) in [5, 5.41) is 5.96. The van der Waals surface area contributed by atoms with Crippen molar-refractivity contribution in [2.24, 2.45) is 0 Å². The van der Waals surface area contributed by atoms with Gasteiger partial charge in [0.25, 0.3) is 0 Å². The Morgan fingerprint density at radius 1 is 0.526 bits per heavy atom. The average Bonchev–Trinajstić information content (AvgIpc) is 2.86. The van der Waals surface area contributed by atoms with Gasteiger partial charge >= 0.3 is 26.3 Å². The second-order valence-electron chi connectivity index (χ2n) is 7.61. The molecule has 0 aromatic heterocycles. The molecule has 0 saturated carbocycles. The zero-order valence-corrected chi connectivity index (χ0v) is 22.3. The predicted molar refractivity (Wildman–Crippen MR) is 144 cm³/mol. The standard InChI is InChI=1S/C25H18Cl2N2O7S2/c26-17-1-13-23(14-2-17)37(31,32)35-21-9-5-19(6-10-21)28-25(30)29-20-7-11-22(12-8-20)36-38(33,34)24-15-3-18(27)4-16-24/h1-16H,(H2,28,29,30). The first kappa shape index (κ1) is 27.3. The van der Waals surface area contributed by atoms with Gasteiger partial charge in [0, 0.05) is 21.4 Å². The molecule has 2 amide bonds. The quantitative estimate of drug-likeness (QED) is 0.234. The molecule has 4 aromatic carbocycles. The van der Waals surface area contributed by atoms with Crippen molar-refractivity contribution in [3.8, 4) is 11.5 Å².